The van der Waals surface area contributed by atoms with E-state index in [9.17, 15) is 0 Å². The number of fused-ring (bicyclic) bond motifs is 1. The van der Waals surface area contributed by atoms with E-state index >= 15 is 0 Å². The van der Waals surface area contributed by atoms with Gasteiger partial charge in [-0.15, -0.1) is 0 Å². The molecule has 0 aliphatic heterocycles. The maximum Gasteiger partial charge on any atom is 0.0459 e. The van der Waals surface area contributed by atoms with Crippen LogP contribution in [0.3, 0.4) is 0 Å². The quantitative estimate of drug-likeness (QED) is 0.751. The Morgan fingerprint density at radius 2 is 2.21 bits per heavy atom. The van der Waals surface area contributed by atoms with Crippen molar-refractivity contribution in [2.75, 3.05) is 0 Å². The van der Waals surface area contributed by atoms with Gasteiger partial charge in [0.05, 0.1) is 0 Å². The summed E-state index contributed by atoms with van der Waals surface area (Å²) in [5.74, 6) is 0. The van der Waals surface area contributed by atoms with Crippen molar-refractivity contribution in [3.63, 3.8) is 0 Å². The van der Waals surface area contributed by atoms with Gasteiger partial charge in [-0.3, -0.25) is 0 Å². The van der Waals surface area contributed by atoms with E-state index in [-0.39, 0.29) is 1.43 Å². The SMILES string of the molecule is CCc1[nH]c2ccc(CN)cc2c1C.[HH]. The molecule has 0 fully saturated rings. The Hall–Kier alpha value is -1.28. The summed E-state index contributed by atoms with van der Waals surface area (Å²) < 4.78 is 0. The second-order valence-electron chi connectivity index (χ2n) is 3.67. The summed E-state index contributed by atoms with van der Waals surface area (Å²) in [5.41, 5.74) is 10.7. The van der Waals surface area contributed by atoms with Gasteiger partial charge in [0.2, 0.25) is 0 Å². The lowest BCUT2D eigenvalue weighted by molar-refractivity contribution is 1.05. The van der Waals surface area contributed by atoms with Crippen molar-refractivity contribution in [3.05, 3.63) is 35.0 Å². The lowest BCUT2D eigenvalue weighted by atomic mass is 10.1. The van der Waals surface area contributed by atoms with Gasteiger partial charge in [-0.05, 0) is 36.6 Å². The largest absolute Gasteiger partial charge is 0.358 e. The molecule has 0 radical (unpaired) electrons. The van der Waals surface area contributed by atoms with Gasteiger partial charge in [0.25, 0.3) is 0 Å². The summed E-state index contributed by atoms with van der Waals surface area (Å²) in [6.07, 6.45) is 1.05. The summed E-state index contributed by atoms with van der Waals surface area (Å²) in [7, 11) is 0. The van der Waals surface area contributed by atoms with Gasteiger partial charge in [0.15, 0.2) is 0 Å². The van der Waals surface area contributed by atoms with E-state index in [0.717, 1.165) is 6.42 Å². The average Bonchev–Trinajstić information content (AvgIpc) is 2.55. The van der Waals surface area contributed by atoms with Gasteiger partial charge in [-0.1, -0.05) is 13.0 Å². The van der Waals surface area contributed by atoms with E-state index in [2.05, 4.69) is 37.0 Å². The molecule has 2 rings (SSSR count). The van der Waals surface area contributed by atoms with E-state index in [1.54, 1.807) is 0 Å². The third kappa shape index (κ3) is 1.32. The highest BCUT2D eigenvalue weighted by molar-refractivity contribution is 5.85. The first kappa shape index (κ1) is 9.28. The molecule has 0 amide bonds. The van der Waals surface area contributed by atoms with E-state index < -0.39 is 0 Å². The maximum absolute atomic E-state index is 5.62. The number of nitrogens with two attached hydrogens (primary N) is 1. The molecule has 0 atom stereocenters. The van der Waals surface area contributed by atoms with Gasteiger partial charge >= 0.3 is 0 Å². The van der Waals surface area contributed by atoms with Gasteiger partial charge in [0, 0.05) is 24.6 Å². The van der Waals surface area contributed by atoms with Gasteiger partial charge < -0.3 is 10.7 Å². The van der Waals surface area contributed by atoms with Crippen LogP contribution in [-0.2, 0) is 13.0 Å². The normalized spacial score (nSPS) is 11.1. The molecule has 0 spiro atoms. The Morgan fingerprint density at radius 1 is 1.43 bits per heavy atom. The standard InChI is InChI=1S/C12H16N2.H2/c1-3-11-8(2)10-6-9(7-13)4-5-12(10)14-11;/h4-6,14H,3,7,13H2,1-2H3;1H. The zero-order valence-corrected chi connectivity index (χ0v) is 8.72. The van der Waals surface area contributed by atoms with Crippen LogP contribution >= 0.6 is 0 Å². The highest BCUT2D eigenvalue weighted by atomic mass is 14.7. The van der Waals surface area contributed by atoms with Crippen molar-refractivity contribution >= 4 is 10.9 Å². The summed E-state index contributed by atoms with van der Waals surface area (Å²) in [5, 5.41) is 1.31. The molecule has 1 heterocycles. The predicted molar refractivity (Wildman–Crippen MR) is 62.4 cm³/mol. The fourth-order valence-corrected chi connectivity index (χ4v) is 1.91. The highest BCUT2D eigenvalue weighted by Crippen LogP contribution is 2.23. The molecule has 1 aromatic heterocycles. The zero-order valence-electron chi connectivity index (χ0n) is 8.72. The molecule has 14 heavy (non-hydrogen) atoms. The number of nitrogens with one attached hydrogen (secondary N) is 1. The first-order chi connectivity index (χ1) is 6.76. The highest BCUT2D eigenvalue weighted by Gasteiger charge is 2.05. The first-order valence-corrected chi connectivity index (χ1v) is 5.06. The van der Waals surface area contributed by atoms with E-state index in [1.165, 1.54) is 27.7 Å². The van der Waals surface area contributed by atoms with Crippen LogP contribution in [0.15, 0.2) is 18.2 Å². The van der Waals surface area contributed by atoms with Crippen molar-refractivity contribution in [1.82, 2.24) is 4.98 Å². The molecular formula is C12H18N2. The Morgan fingerprint density at radius 3 is 2.86 bits per heavy atom. The fourth-order valence-electron chi connectivity index (χ4n) is 1.91. The predicted octanol–water partition coefficient (Wildman–Crippen LogP) is 2.74. The maximum atomic E-state index is 5.62. The van der Waals surface area contributed by atoms with Crippen LogP contribution in [0.5, 0.6) is 0 Å². The Bertz CT molecular complexity index is 460. The number of hydrogen-bond donors (Lipinski definition) is 2. The number of aromatic nitrogens is 1. The summed E-state index contributed by atoms with van der Waals surface area (Å²) in [4.78, 5) is 3.42. The molecule has 0 bridgehead atoms. The van der Waals surface area contributed by atoms with E-state index in [4.69, 9.17) is 5.73 Å². The number of hydrogen-bond acceptors (Lipinski definition) is 1. The number of H-pyrrole nitrogens is 1. The van der Waals surface area contributed by atoms with Crippen LogP contribution in [0, 0.1) is 6.92 Å². The van der Waals surface area contributed by atoms with Crippen molar-refractivity contribution in [3.8, 4) is 0 Å². The van der Waals surface area contributed by atoms with E-state index in [0.29, 0.717) is 6.54 Å². The average molecular weight is 190 g/mol. The summed E-state index contributed by atoms with van der Waals surface area (Å²) >= 11 is 0. The van der Waals surface area contributed by atoms with Gasteiger partial charge in [0.1, 0.15) is 0 Å². The molecule has 0 unspecified atom stereocenters. The zero-order chi connectivity index (χ0) is 10.1. The molecule has 0 saturated heterocycles. The van der Waals surface area contributed by atoms with E-state index in [1.807, 2.05) is 0 Å². The van der Waals surface area contributed by atoms with Crippen LogP contribution in [0.25, 0.3) is 10.9 Å². The minimum absolute atomic E-state index is 0. The topological polar surface area (TPSA) is 41.8 Å². The van der Waals surface area contributed by atoms with Crippen molar-refractivity contribution in [2.45, 2.75) is 26.8 Å². The number of aryl methyl sites for hydroxylation is 2. The molecule has 0 saturated carbocycles. The molecule has 0 aliphatic carbocycles. The smallest absolute Gasteiger partial charge is 0.0459 e. The van der Waals surface area contributed by atoms with Crippen LogP contribution in [-0.4, -0.2) is 4.98 Å². The van der Waals surface area contributed by atoms with Crippen LogP contribution in [0.4, 0.5) is 0 Å². The Labute approximate surface area is 85.6 Å². The molecular weight excluding hydrogens is 172 g/mol. The number of aromatic amines is 1. The second kappa shape index (κ2) is 3.46. The summed E-state index contributed by atoms with van der Waals surface area (Å²) in [6.45, 7) is 4.95. The fraction of sp³-hybridized carbons (Fsp3) is 0.333. The van der Waals surface area contributed by atoms with Crippen LogP contribution in [0.2, 0.25) is 0 Å². The first-order valence-electron chi connectivity index (χ1n) is 5.06. The third-order valence-corrected chi connectivity index (χ3v) is 2.82. The van der Waals surface area contributed by atoms with Crippen molar-refractivity contribution in [2.24, 2.45) is 5.73 Å². The van der Waals surface area contributed by atoms with Gasteiger partial charge in [-0.2, -0.15) is 0 Å². The lowest BCUT2D eigenvalue weighted by Crippen LogP contribution is -1.95. The lowest BCUT2D eigenvalue weighted by Gasteiger charge is -1.97. The molecule has 76 valence electrons. The summed E-state index contributed by atoms with van der Waals surface area (Å²) in [6, 6.07) is 6.38. The minimum Gasteiger partial charge on any atom is -0.358 e. The third-order valence-electron chi connectivity index (χ3n) is 2.82. The molecule has 0 aliphatic rings. The molecule has 2 nitrogen and oxygen atoms in total. The Kier molecular flexibility index (Phi) is 2.30. The number of benzene rings is 1. The van der Waals surface area contributed by atoms with Crippen molar-refractivity contribution < 1.29 is 1.43 Å². The molecule has 2 heteroatoms. The molecule has 3 N–H and O–H groups in total. The monoisotopic (exact) mass is 190 g/mol. The molecule has 1 aromatic carbocycles. The molecule has 2 aromatic rings. The van der Waals surface area contributed by atoms with Crippen molar-refractivity contribution in [1.29, 1.82) is 0 Å². The van der Waals surface area contributed by atoms with Crippen LogP contribution < -0.4 is 5.73 Å². The van der Waals surface area contributed by atoms with Gasteiger partial charge in [-0.25, -0.2) is 0 Å². The second-order valence-corrected chi connectivity index (χ2v) is 3.67. The minimum atomic E-state index is 0. The Balaban J connectivity index is 0.00000112. The van der Waals surface area contributed by atoms with Crippen LogP contribution in [0.1, 0.15) is 25.2 Å². The number of rotatable bonds is 2.